The van der Waals surface area contributed by atoms with Crippen LogP contribution in [0.3, 0.4) is 0 Å². The summed E-state index contributed by atoms with van der Waals surface area (Å²) in [6, 6.07) is 0. The zero-order valence-corrected chi connectivity index (χ0v) is 7.16. The number of hydrogen-bond donors (Lipinski definition) is 0. The molecule has 0 atom stereocenters. The van der Waals surface area contributed by atoms with Crippen LogP contribution in [0.1, 0.15) is 19.3 Å². The van der Waals surface area contributed by atoms with Gasteiger partial charge in [-0.1, -0.05) is 0 Å². The van der Waals surface area contributed by atoms with E-state index in [4.69, 9.17) is 0 Å². The topological polar surface area (TPSA) is 55.7 Å². The van der Waals surface area contributed by atoms with Gasteiger partial charge in [-0.05, 0) is 6.42 Å². The molecular weight excluding hydrogens is 158 g/mol. The number of methoxy groups -OCH3 is 1. The van der Waals surface area contributed by atoms with Crippen LogP contribution in [0.2, 0.25) is 0 Å². The second-order valence-corrected chi connectivity index (χ2v) is 2.17. The van der Waals surface area contributed by atoms with E-state index < -0.39 is 0 Å². The van der Waals surface area contributed by atoms with Crippen molar-refractivity contribution >= 4 is 18.5 Å². The summed E-state index contributed by atoms with van der Waals surface area (Å²) in [5.74, 6) is -0.222. The molecule has 0 aromatic carbocycles. The maximum Gasteiger partial charge on any atom is 0.305 e. The first-order valence-corrected chi connectivity index (χ1v) is 3.80. The molecule has 0 heterocycles. The number of aldehydes is 1. The second kappa shape index (κ2) is 7.91. The minimum absolute atomic E-state index is 0.222. The van der Waals surface area contributed by atoms with Crippen molar-refractivity contribution in [3.05, 3.63) is 0 Å². The van der Waals surface area contributed by atoms with E-state index in [0.29, 0.717) is 25.8 Å². The summed E-state index contributed by atoms with van der Waals surface area (Å²) in [4.78, 5) is 24.3. The van der Waals surface area contributed by atoms with Crippen LogP contribution in [0, 0.1) is 0 Å². The van der Waals surface area contributed by atoms with Crippen molar-refractivity contribution in [2.24, 2.45) is 4.99 Å². The summed E-state index contributed by atoms with van der Waals surface area (Å²) in [6.07, 6.45) is 3.73. The Morgan fingerprint density at radius 2 is 2.33 bits per heavy atom. The lowest BCUT2D eigenvalue weighted by Gasteiger charge is -1.94. The number of carbonyl (C=O) groups is 2. The molecule has 0 aliphatic heterocycles. The van der Waals surface area contributed by atoms with Crippen LogP contribution in [-0.4, -0.2) is 32.1 Å². The fourth-order valence-electron chi connectivity index (χ4n) is 0.626. The van der Waals surface area contributed by atoms with Gasteiger partial charge >= 0.3 is 5.97 Å². The molecule has 0 saturated heterocycles. The Kier molecular flexibility index (Phi) is 7.13. The zero-order chi connectivity index (χ0) is 9.23. The van der Waals surface area contributed by atoms with Crippen molar-refractivity contribution in [3.8, 4) is 0 Å². The van der Waals surface area contributed by atoms with Crippen molar-refractivity contribution in [1.82, 2.24) is 0 Å². The zero-order valence-electron chi connectivity index (χ0n) is 7.16. The number of ether oxygens (including phenoxy) is 1. The second-order valence-electron chi connectivity index (χ2n) is 2.17. The van der Waals surface area contributed by atoms with Crippen LogP contribution in [0.5, 0.6) is 0 Å². The third-order valence-corrected chi connectivity index (χ3v) is 1.23. The molecule has 0 fully saturated rings. The third kappa shape index (κ3) is 6.92. The highest BCUT2D eigenvalue weighted by Gasteiger charge is 1.96. The van der Waals surface area contributed by atoms with E-state index in [2.05, 4.69) is 9.73 Å². The Morgan fingerprint density at radius 1 is 1.58 bits per heavy atom. The first-order valence-electron chi connectivity index (χ1n) is 3.80. The molecule has 4 nitrogen and oxygen atoms in total. The van der Waals surface area contributed by atoms with Crippen LogP contribution in [0.4, 0.5) is 0 Å². The summed E-state index contributed by atoms with van der Waals surface area (Å²) >= 11 is 0. The van der Waals surface area contributed by atoms with Gasteiger partial charge in [-0.25, -0.2) is 0 Å². The fourth-order valence-corrected chi connectivity index (χ4v) is 0.626. The van der Waals surface area contributed by atoms with Crippen molar-refractivity contribution < 1.29 is 14.3 Å². The lowest BCUT2D eigenvalue weighted by Crippen LogP contribution is -2.00. The van der Waals surface area contributed by atoms with Crippen molar-refractivity contribution in [1.29, 1.82) is 0 Å². The van der Waals surface area contributed by atoms with Crippen molar-refractivity contribution in [2.45, 2.75) is 19.3 Å². The van der Waals surface area contributed by atoms with Gasteiger partial charge in [0, 0.05) is 25.6 Å². The molecule has 0 aromatic heterocycles. The number of nitrogens with zero attached hydrogens (tertiary/aromatic N) is 1. The van der Waals surface area contributed by atoms with Crippen molar-refractivity contribution in [2.75, 3.05) is 13.7 Å². The van der Waals surface area contributed by atoms with E-state index in [-0.39, 0.29) is 5.97 Å². The lowest BCUT2D eigenvalue weighted by molar-refractivity contribution is -0.140. The summed E-state index contributed by atoms with van der Waals surface area (Å²) < 4.78 is 4.43. The Balaban J connectivity index is 3.20. The molecule has 0 amide bonds. The molecule has 0 aliphatic rings. The van der Waals surface area contributed by atoms with Gasteiger partial charge in [0.25, 0.3) is 0 Å². The third-order valence-electron chi connectivity index (χ3n) is 1.23. The Hall–Kier alpha value is -1.19. The average Bonchev–Trinajstić information content (AvgIpc) is 2.10. The minimum atomic E-state index is -0.222. The fraction of sp³-hybridized carbons (Fsp3) is 0.625. The molecule has 0 radical (unpaired) electrons. The molecule has 12 heavy (non-hydrogen) atoms. The van der Waals surface area contributed by atoms with Crippen LogP contribution in [0.15, 0.2) is 4.99 Å². The maximum absolute atomic E-state index is 10.6. The number of esters is 1. The normalized spacial score (nSPS) is 10.1. The molecule has 0 spiro atoms. The Morgan fingerprint density at radius 3 is 2.92 bits per heavy atom. The van der Waals surface area contributed by atoms with Gasteiger partial charge in [0.05, 0.1) is 7.11 Å². The van der Waals surface area contributed by atoms with Crippen LogP contribution >= 0.6 is 0 Å². The van der Waals surface area contributed by atoms with Gasteiger partial charge in [-0.15, -0.1) is 0 Å². The van der Waals surface area contributed by atoms with E-state index in [1.165, 1.54) is 7.11 Å². The lowest BCUT2D eigenvalue weighted by atomic mass is 10.3. The van der Waals surface area contributed by atoms with E-state index >= 15 is 0 Å². The van der Waals surface area contributed by atoms with E-state index in [9.17, 15) is 9.59 Å². The summed E-state index contributed by atoms with van der Waals surface area (Å²) in [5.41, 5.74) is 0. The van der Waals surface area contributed by atoms with E-state index in [1.54, 1.807) is 6.21 Å². The summed E-state index contributed by atoms with van der Waals surface area (Å²) in [7, 11) is 1.36. The first kappa shape index (κ1) is 10.8. The van der Waals surface area contributed by atoms with Gasteiger partial charge in [-0.2, -0.15) is 0 Å². The summed E-state index contributed by atoms with van der Waals surface area (Å²) in [5, 5.41) is 0. The molecule has 68 valence electrons. The Labute approximate surface area is 71.6 Å². The molecule has 0 aliphatic carbocycles. The molecule has 0 aromatic rings. The standard InChI is InChI=1S/C8H13NO3/c1-12-8(11)4-2-5-9-6-3-7-10/h6-7H,2-5H2,1H3/b9-6+. The molecule has 0 rings (SSSR count). The largest absolute Gasteiger partial charge is 0.469 e. The molecule has 4 heteroatoms. The van der Waals surface area contributed by atoms with Crippen LogP contribution < -0.4 is 0 Å². The number of hydrogen-bond acceptors (Lipinski definition) is 4. The molecule has 0 N–H and O–H groups in total. The number of rotatable bonds is 6. The van der Waals surface area contributed by atoms with Gasteiger partial charge < -0.3 is 9.53 Å². The van der Waals surface area contributed by atoms with Crippen molar-refractivity contribution in [3.63, 3.8) is 0 Å². The monoisotopic (exact) mass is 171 g/mol. The Bertz CT molecular complexity index is 166. The summed E-state index contributed by atoms with van der Waals surface area (Å²) in [6.45, 7) is 0.572. The maximum atomic E-state index is 10.6. The smallest absolute Gasteiger partial charge is 0.305 e. The highest BCUT2D eigenvalue weighted by molar-refractivity contribution is 5.76. The van der Waals surface area contributed by atoms with Crippen LogP contribution in [0.25, 0.3) is 0 Å². The number of aliphatic imine (C=N–C) groups is 1. The number of carbonyl (C=O) groups excluding carboxylic acids is 2. The van der Waals surface area contributed by atoms with Gasteiger partial charge in [0.15, 0.2) is 0 Å². The van der Waals surface area contributed by atoms with Crippen LogP contribution in [-0.2, 0) is 14.3 Å². The predicted molar refractivity (Wildman–Crippen MR) is 45.3 cm³/mol. The molecule has 0 bridgehead atoms. The quantitative estimate of drug-likeness (QED) is 0.254. The molecular formula is C8H13NO3. The van der Waals surface area contributed by atoms with Gasteiger partial charge in [0.2, 0.25) is 0 Å². The predicted octanol–water partition coefficient (Wildman–Crippen LogP) is 0.599. The van der Waals surface area contributed by atoms with E-state index in [1.807, 2.05) is 0 Å². The molecule has 0 unspecified atom stereocenters. The molecule has 0 saturated carbocycles. The first-order chi connectivity index (χ1) is 5.81. The van der Waals surface area contributed by atoms with Gasteiger partial charge in [0.1, 0.15) is 6.29 Å². The highest BCUT2D eigenvalue weighted by Crippen LogP contribution is 1.91. The highest BCUT2D eigenvalue weighted by atomic mass is 16.5. The average molecular weight is 171 g/mol. The minimum Gasteiger partial charge on any atom is -0.469 e. The SMILES string of the molecule is COC(=O)CCC/N=C/CC=O. The van der Waals surface area contributed by atoms with E-state index in [0.717, 1.165) is 6.29 Å². The van der Waals surface area contributed by atoms with Gasteiger partial charge in [-0.3, -0.25) is 9.79 Å².